The fourth-order valence-electron chi connectivity index (χ4n) is 2.94. The first-order valence-electron chi connectivity index (χ1n) is 7.77. The Morgan fingerprint density at radius 2 is 1.83 bits per heavy atom. The van der Waals surface area contributed by atoms with Crippen molar-refractivity contribution in [3.63, 3.8) is 0 Å². The lowest BCUT2D eigenvalue weighted by Gasteiger charge is -2.31. The molecule has 1 saturated heterocycles. The van der Waals surface area contributed by atoms with Gasteiger partial charge in [-0.1, -0.05) is 0 Å². The van der Waals surface area contributed by atoms with Gasteiger partial charge in [0.2, 0.25) is 0 Å². The Morgan fingerprint density at radius 1 is 1.00 bits per heavy atom. The monoisotopic (exact) mass is 323 g/mol. The Hall–Kier alpha value is -2.34. The molecule has 0 unspecified atom stereocenters. The molecule has 1 aliphatic heterocycles. The van der Waals surface area contributed by atoms with Crippen molar-refractivity contribution in [3.8, 4) is 11.3 Å². The molecular weight excluding hydrogens is 306 g/mol. The molecule has 6 heteroatoms. The van der Waals surface area contributed by atoms with Crippen molar-refractivity contribution in [2.75, 3.05) is 18.0 Å². The van der Waals surface area contributed by atoms with E-state index in [-0.39, 0.29) is 0 Å². The summed E-state index contributed by atoms with van der Waals surface area (Å²) in [4.78, 5) is 19.8. The molecule has 0 aliphatic carbocycles. The number of anilines is 1. The summed E-state index contributed by atoms with van der Waals surface area (Å²) in [6.45, 7) is 2.01. The molecule has 0 amide bonds. The van der Waals surface area contributed by atoms with Gasteiger partial charge in [0.25, 0.3) is 0 Å². The molecule has 4 rings (SSSR count). The highest BCUT2D eigenvalue weighted by molar-refractivity contribution is 7.10. The second-order valence-electron chi connectivity index (χ2n) is 5.63. The zero-order chi connectivity index (χ0) is 15.5. The van der Waals surface area contributed by atoms with Crippen LogP contribution in [-0.4, -0.2) is 33.0 Å². The average Bonchev–Trinajstić information content (AvgIpc) is 3.14. The summed E-state index contributed by atoms with van der Waals surface area (Å²) in [5.41, 5.74) is 2.20. The molecule has 4 heterocycles. The van der Waals surface area contributed by atoms with E-state index in [2.05, 4.69) is 25.2 Å². The van der Waals surface area contributed by atoms with Crippen LogP contribution in [0.1, 0.15) is 23.8 Å². The van der Waals surface area contributed by atoms with Gasteiger partial charge in [-0.2, -0.15) is 0 Å². The van der Waals surface area contributed by atoms with E-state index in [9.17, 15) is 0 Å². The zero-order valence-corrected chi connectivity index (χ0v) is 13.5. The van der Waals surface area contributed by atoms with E-state index in [1.807, 2.05) is 30.7 Å². The maximum Gasteiger partial charge on any atom is 0.147 e. The van der Waals surface area contributed by atoms with E-state index < -0.39 is 0 Å². The summed E-state index contributed by atoms with van der Waals surface area (Å²) < 4.78 is 0. The van der Waals surface area contributed by atoms with Gasteiger partial charge in [-0.3, -0.25) is 9.97 Å². The van der Waals surface area contributed by atoms with Crippen LogP contribution in [-0.2, 0) is 0 Å². The maximum atomic E-state index is 4.85. The summed E-state index contributed by atoms with van der Waals surface area (Å²) in [5.74, 6) is 1.52. The molecule has 0 aromatic carbocycles. The van der Waals surface area contributed by atoms with Crippen molar-refractivity contribution in [3.05, 3.63) is 53.5 Å². The highest BCUT2D eigenvalue weighted by Crippen LogP contribution is 2.33. The molecule has 116 valence electrons. The van der Waals surface area contributed by atoms with Crippen molar-refractivity contribution in [1.82, 2.24) is 19.9 Å². The summed E-state index contributed by atoms with van der Waals surface area (Å²) in [6.07, 6.45) is 11.2. The van der Waals surface area contributed by atoms with Gasteiger partial charge in [0.1, 0.15) is 5.82 Å². The quantitative estimate of drug-likeness (QED) is 0.739. The lowest BCUT2D eigenvalue weighted by atomic mass is 9.97. The van der Waals surface area contributed by atoms with Crippen LogP contribution in [0.15, 0.2) is 48.5 Å². The maximum absolute atomic E-state index is 4.85. The highest BCUT2D eigenvalue weighted by atomic mass is 32.1. The van der Waals surface area contributed by atoms with Crippen molar-refractivity contribution < 1.29 is 0 Å². The minimum absolute atomic E-state index is 0.545. The van der Waals surface area contributed by atoms with E-state index in [4.69, 9.17) is 4.98 Å². The summed E-state index contributed by atoms with van der Waals surface area (Å²) in [7, 11) is 0. The summed E-state index contributed by atoms with van der Waals surface area (Å²) in [5, 5.41) is 3.40. The van der Waals surface area contributed by atoms with Crippen molar-refractivity contribution in [2.45, 2.75) is 18.8 Å². The molecule has 3 aromatic rings. The Morgan fingerprint density at radius 3 is 2.57 bits per heavy atom. The second-order valence-corrected chi connectivity index (χ2v) is 6.52. The lowest BCUT2D eigenvalue weighted by molar-refractivity contribution is 0.501. The molecule has 3 aromatic heterocycles. The number of hydrogen-bond donors (Lipinski definition) is 0. The minimum Gasteiger partial charge on any atom is -0.355 e. The van der Waals surface area contributed by atoms with Gasteiger partial charge in [-0.05, 0) is 25.0 Å². The topological polar surface area (TPSA) is 54.8 Å². The second kappa shape index (κ2) is 6.42. The third kappa shape index (κ3) is 3.07. The molecule has 0 saturated carbocycles. The third-order valence-electron chi connectivity index (χ3n) is 4.22. The van der Waals surface area contributed by atoms with Gasteiger partial charge < -0.3 is 4.90 Å². The predicted molar refractivity (Wildman–Crippen MR) is 91.6 cm³/mol. The standard InChI is InChI=1S/C17H17N5S/c1-5-18-6-2-13(1)15-12-23-17(21-15)14-3-9-22(10-4-14)16-11-19-7-8-20-16/h1-2,5-8,11-12,14H,3-4,9-10H2. The van der Waals surface area contributed by atoms with Gasteiger partial charge in [-0.25, -0.2) is 9.97 Å². The van der Waals surface area contributed by atoms with Crippen LogP contribution in [0.2, 0.25) is 0 Å². The van der Waals surface area contributed by atoms with E-state index in [0.717, 1.165) is 43.0 Å². The number of piperidine rings is 1. The summed E-state index contributed by atoms with van der Waals surface area (Å²) in [6, 6.07) is 4.02. The fraction of sp³-hybridized carbons (Fsp3) is 0.294. The molecule has 23 heavy (non-hydrogen) atoms. The van der Waals surface area contributed by atoms with Gasteiger partial charge in [0.15, 0.2) is 0 Å². The van der Waals surface area contributed by atoms with Crippen LogP contribution in [0.5, 0.6) is 0 Å². The number of rotatable bonds is 3. The SMILES string of the molecule is c1cc(-c2csc(C3CCN(c4cnccn4)CC3)n2)ccn1. The first kappa shape index (κ1) is 14.3. The van der Waals surface area contributed by atoms with E-state index in [0.29, 0.717) is 5.92 Å². The van der Waals surface area contributed by atoms with E-state index >= 15 is 0 Å². The third-order valence-corrected chi connectivity index (χ3v) is 5.22. The predicted octanol–water partition coefficient (Wildman–Crippen LogP) is 3.38. The molecule has 5 nitrogen and oxygen atoms in total. The van der Waals surface area contributed by atoms with Crippen molar-refractivity contribution in [2.24, 2.45) is 0 Å². The minimum atomic E-state index is 0.545. The zero-order valence-electron chi connectivity index (χ0n) is 12.7. The van der Waals surface area contributed by atoms with Crippen LogP contribution >= 0.6 is 11.3 Å². The Bertz CT molecular complexity index is 751. The van der Waals surface area contributed by atoms with Crippen LogP contribution in [0.3, 0.4) is 0 Å². The molecule has 0 N–H and O–H groups in total. The Labute approximate surface area is 139 Å². The van der Waals surface area contributed by atoms with Crippen LogP contribution in [0.4, 0.5) is 5.82 Å². The molecule has 0 atom stereocenters. The van der Waals surface area contributed by atoms with Gasteiger partial charge in [0, 0.05) is 54.7 Å². The molecule has 1 fully saturated rings. The van der Waals surface area contributed by atoms with Crippen molar-refractivity contribution >= 4 is 17.2 Å². The largest absolute Gasteiger partial charge is 0.355 e. The Kier molecular flexibility index (Phi) is 3.98. The molecule has 0 spiro atoms. The van der Waals surface area contributed by atoms with E-state index in [1.54, 1.807) is 23.7 Å². The molecular formula is C17H17N5S. The van der Waals surface area contributed by atoms with Crippen LogP contribution < -0.4 is 4.90 Å². The van der Waals surface area contributed by atoms with Gasteiger partial charge in [-0.15, -0.1) is 11.3 Å². The lowest BCUT2D eigenvalue weighted by Crippen LogP contribution is -2.33. The van der Waals surface area contributed by atoms with Gasteiger partial charge in [0.05, 0.1) is 16.9 Å². The first-order chi connectivity index (χ1) is 11.4. The molecule has 0 bridgehead atoms. The van der Waals surface area contributed by atoms with E-state index in [1.165, 1.54) is 5.01 Å². The number of thiazole rings is 1. The van der Waals surface area contributed by atoms with Gasteiger partial charge >= 0.3 is 0 Å². The number of nitrogens with zero attached hydrogens (tertiary/aromatic N) is 5. The number of aromatic nitrogens is 4. The molecule has 1 aliphatic rings. The highest BCUT2D eigenvalue weighted by Gasteiger charge is 2.23. The Balaban J connectivity index is 1.44. The van der Waals surface area contributed by atoms with Crippen molar-refractivity contribution in [1.29, 1.82) is 0 Å². The number of pyridine rings is 1. The smallest absolute Gasteiger partial charge is 0.147 e. The first-order valence-corrected chi connectivity index (χ1v) is 8.65. The molecule has 0 radical (unpaired) electrons. The average molecular weight is 323 g/mol. The fourth-order valence-corrected chi connectivity index (χ4v) is 3.94. The summed E-state index contributed by atoms with van der Waals surface area (Å²) >= 11 is 1.77. The van der Waals surface area contributed by atoms with Crippen LogP contribution in [0, 0.1) is 0 Å². The van der Waals surface area contributed by atoms with Crippen LogP contribution in [0.25, 0.3) is 11.3 Å². The number of hydrogen-bond acceptors (Lipinski definition) is 6. The normalized spacial score (nSPS) is 15.7.